The van der Waals surface area contributed by atoms with E-state index in [9.17, 15) is 8.78 Å². The topological polar surface area (TPSA) is 51.6 Å². The van der Waals surface area contributed by atoms with E-state index in [0.29, 0.717) is 5.69 Å². The monoisotopic (exact) mass is 394 g/mol. The van der Waals surface area contributed by atoms with Crippen molar-refractivity contribution >= 4 is 11.3 Å². The third-order valence-electron chi connectivity index (χ3n) is 4.55. The molecule has 4 heterocycles. The van der Waals surface area contributed by atoms with E-state index in [2.05, 4.69) is 15.0 Å². The van der Waals surface area contributed by atoms with E-state index in [0.717, 1.165) is 28.0 Å². The van der Waals surface area contributed by atoms with Gasteiger partial charge in [-0.2, -0.15) is 13.8 Å². The predicted molar refractivity (Wildman–Crippen MR) is 105 cm³/mol. The van der Waals surface area contributed by atoms with Gasteiger partial charge in [0.2, 0.25) is 11.9 Å². The van der Waals surface area contributed by atoms with Crippen molar-refractivity contribution in [3.8, 4) is 21.8 Å². The third-order valence-corrected chi connectivity index (χ3v) is 5.35. The first kappa shape index (κ1) is 18.3. The molecule has 4 rings (SSSR count). The Morgan fingerprint density at radius 2 is 1.50 bits per heavy atom. The Bertz CT molecular complexity index is 1130. The Labute approximate surface area is 165 Å². The van der Waals surface area contributed by atoms with Crippen molar-refractivity contribution in [2.24, 2.45) is 0 Å². The van der Waals surface area contributed by atoms with Crippen LogP contribution in [-0.2, 0) is 5.41 Å². The van der Waals surface area contributed by atoms with Gasteiger partial charge in [0.05, 0.1) is 38.7 Å². The number of hydrogen-bond donors (Lipinski definition) is 0. The van der Waals surface area contributed by atoms with Gasteiger partial charge in [0.25, 0.3) is 0 Å². The molecule has 0 amide bonds. The van der Waals surface area contributed by atoms with Gasteiger partial charge in [-0.05, 0) is 50.2 Å². The molecule has 0 N–H and O–H groups in total. The maximum Gasteiger partial charge on any atom is 0.224 e. The van der Waals surface area contributed by atoms with E-state index in [1.54, 1.807) is 23.8 Å². The summed E-state index contributed by atoms with van der Waals surface area (Å²) in [7, 11) is 0. The molecule has 0 spiro atoms. The number of rotatable bonds is 4. The van der Waals surface area contributed by atoms with Crippen LogP contribution in [0.2, 0.25) is 0 Å². The van der Waals surface area contributed by atoms with Gasteiger partial charge in [0.15, 0.2) is 0 Å². The van der Waals surface area contributed by atoms with Crippen LogP contribution in [0.4, 0.5) is 8.78 Å². The molecule has 0 bridgehead atoms. The number of thiazole rings is 1. The highest BCUT2D eigenvalue weighted by Crippen LogP contribution is 2.32. The number of pyridine rings is 3. The first-order valence-corrected chi connectivity index (χ1v) is 9.49. The van der Waals surface area contributed by atoms with Crippen LogP contribution in [0.25, 0.3) is 21.8 Å². The maximum absolute atomic E-state index is 14.1. The van der Waals surface area contributed by atoms with Gasteiger partial charge in [0.1, 0.15) is 0 Å². The second-order valence-electron chi connectivity index (χ2n) is 6.78. The fraction of sp³-hybridized carbons (Fsp3) is 0.143. The molecule has 0 fully saturated rings. The van der Waals surface area contributed by atoms with Crippen LogP contribution in [0.15, 0.2) is 60.2 Å². The summed E-state index contributed by atoms with van der Waals surface area (Å²) in [6, 6.07) is 13.7. The maximum atomic E-state index is 14.1. The highest BCUT2D eigenvalue weighted by molar-refractivity contribution is 7.13. The summed E-state index contributed by atoms with van der Waals surface area (Å²) in [4.78, 5) is 17.8. The zero-order valence-corrected chi connectivity index (χ0v) is 16.0. The average molecular weight is 394 g/mol. The summed E-state index contributed by atoms with van der Waals surface area (Å²) in [5, 5.41) is 0. The second-order valence-corrected chi connectivity index (χ2v) is 7.67. The molecule has 28 heavy (non-hydrogen) atoms. The molecule has 0 saturated heterocycles. The fourth-order valence-electron chi connectivity index (χ4n) is 2.93. The number of aromatic nitrogens is 4. The summed E-state index contributed by atoms with van der Waals surface area (Å²) in [5.41, 5.74) is 4.20. The van der Waals surface area contributed by atoms with Gasteiger partial charge >= 0.3 is 0 Å². The van der Waals surface area contributed by atoms with Crippen molar-refractivity contribution in [1.82, 2.24) is 19.9 Å². The van der Waals surface area contributed by atoms with E-state index < -0.39 is 17.3 Å². The smallest absolute Gasteiger partial charge is 0.224 e. The Morgan fingerprint density at radius 1 is 0.821 bits per heavy atom. The van der Waals surface area contributed by atoms with E-state index >= 15 is 0 Å². The van der Waals surface area contributed by atoms with Crippen molar-refractivity contribution < 1.29 is 8.78 Å². The van der Waals surface area contributed by atoms with E-state index in [1.807, 2.05) is 38.1 Å². The number of halogens is 2. The number of hydrogen-bond acceptors (Lipinski definition) is 5. The molecule has 140 valence electrons. The van der Waals surface area contributed by atoms with Crippen molar-refractivity contribution in [3.05, 3.63) is 83.5 Å². The molecule has 0 atom stereocenters. The van der Waals surface area contributed by atoms with Crippen LogP contribution in [-0.4, -0.2) is 19.9 Å². The van der Waals surface area contributed by atoms with Crippen LogP contribution >= 0.6 is 11.3 Å². The van der Waals surface area contributed by atoms with Crippen molar-refractivity contribution in [2.45, 2.75) is 19.3 Å². The SMILES string of the molecule is CC(C)(c1cccc(-c2cncs2)n1)c1cccc(-c2ccc(F)nc2F)n1. The highest BCUT2D eigenvalue weighted by Gasteiger charge is 2.27. The van der Waals surface area contributed by atoms with Crippen molar-refractivity contribution in [3.63, 3.8) is 0 Å². The molecule has 0 aliphatic rings. The summed E-state index contributed by atoms with van der Waals surface area (Å²) >= 11 is 1.53. The summed E-state index contributed by atoms with van der Waals surface area (Å²) in [6.45, 7) is 4.02. The van der Waals surface area contributed by atoms with Gasteiger partial charge in [0, 0.05) is 11.6 Å². The third kappa shape index (κ3) is 3.41. The van der Waals surface area contributed by atoms with Crippen LogP contribution < -0.4 is 0 Å². The zero-order chi connectivity index (χ0) is 19.7. The zero-order valence-electron chi connectivity index (χ0n) is 15.2. The van der Waals surface area contributed by atoms with Gasteiger partial charge in [-0.15, -0.1) is 11.3 Å². The van der Waals surface area contributed by atoms with E-state index in [-0.39, 0.29) is 5.56 Å². The molecule has 0 unspecified atom stereocenters. The van der Waals surface area contributed by atoms with Gasteiger partial charge < -0.3 is 0 Å². The Balaban J connectivity index is 1.75. The molecule has 0 saturated carbocycles. The van der Waals surface area contributed by atoms with E-state index in [4.69, 9.17) is 4.98 Å². The lowest BCUT2D eigenvalue weighted by molar-refractivity contribution is 0.514. The molecule has 4 aromatic heterocycles. The second kappa shape index (κ2) is 7.16. The molecule has 4 nitrogen and oxygen atoms in total. The summed E-state index contributed by atoms with van der Waals surface area (Å²) in [5.74, 6) is -1.74. The predicted octanol–water partition coefficient (Wildman–Crippen LogP) is 5.27. The minimum atomic E-state index is -0.882. The summed E-state index contributed by atoms with van der Waals surface area (Å²) in [6.07, 6.45) is 1.78. The molecule has 0 radical (unpaired) electrons. The summed E-state index contributed by atoms with van der Waals surface area (Å²) < 4.78 is 27.2. The normalized spacial score (nSPS) is 11.6. The fourth-order valence-corrected chi connectivity index (χ4v) is 3.52. The quantitative estimate of drug-likeness (QED) is 0.443. The van der Waals surface area contributed by atoms with Gasteiger partial charge in [-0.3, -0.25) is 15.0 Å². The van der Waals surface area contributed by atoms with Gasteiger partial charge in [-0.1, -0.05) is 12.1 Å². The Kier molecular flexibility index (Phi) is 4.68. The molecular weight excluding hydrogens is 378 g/mol. The van der Waals surface area contributed by atoms with Crippen LogP contribution in [0.5, 0.6) is 0 Å². The Hall–Kier alpha value is -3.06. The first-order valence-electron chi connectivity index (χ1n) is 8.61. The Morgan fingerprint density at radius 3 is 2.14 bits per heavy atom. The van der Waals surface area contributed by atoms with E-state index in [1.165, 1.54) is 17.4 Å². The van der Waals surface area contributed by atoms with Crippen molar-refractivity contribution in [1.29, 1.82) is 0 Å². The molecule has 4 aromatic rings. The van der Waals surface area contributed by atoms with Crippen LogP contribution in [0.1, 0.15) is 25.2 Å². The number of nitrogens with zero attached hydrogens (tertiary/aromatic N) is 4. The minimum Gasteiger partial charge on any atom is -0.252 e. The van der Waals surface area contributed by atoms with Gasteiger partial charge in [-0.25, -0.2) is 0 Å². The lowest BCUT2D eigenvalue weighted by Gasteiger charge is -2.24. The lowest BCUT2D eigenvalue weighted by Crippen LogP contribution is -2.22. The molecule has 0 aliphatic heterocycles. The molecule has 0 aromatic carbocycles. The first-order chi connectivity index (χ1) is 13.4. The molecular formula is C21H16F2N4S. The average Bonchev–Trinajstić information content (AvgIpc) is 3.23. The highest BCUT2D eigenvalue weighted by atomic mass is 32.1. The van der Waals surface area contributed by atoms with Crippen molar-refractivity contribution in [2.75, 3.05) is 0 Å². The van der Waals surface area contributed by atoms with Crippen LogP contribution in [0.3, 0.4) is 0 Å². The largest absolute Gasteiger partial charge is 0.252 e. The standard InChI is InChI=1S/C21H16F2N4S/c1-21(2,18-8-4-6-15(26-18)16-11-24-12-28-16)17-7-3-5-14(25-17)13-9-10-19(22)27-20(13)23/h3-12H,1-2H3. The lowest BCUT2D eigenvalue weighted by atomic mass is 9.84. The molecule has 7 heteroatoms. The minimum absolute atomic E-state index is 0.158. The molecule has 0 aliphatic carbocycles. The van der Waals surface area contributed by atoms with Crippen LogP contribution in [0, 0.1) is 11.9 Å².